The van der Waals surface area contributed by atoms with Crippen molar-refractivity contribution in [2.45, 2.75) is 20.0 Å². The Kier molecular flexibility index (Phi) is 4.55. The van der Waals surface area contributed by atoms with Gasteiger partial charge in [-0.05, 0) is 26.0 Å². The van der Waals surface area contributed by atoms with Gasteiger partial charge in [-0.1, -0.05) is 12.1 Å². The van der Waals surface area contributed by atoms with Gasteiger partial charge in [-0.3, -0.25) is 4.79 Å². The van der Waals surface area contributed by atoms with Crippen LogP contribution >= 0.6 is 0 Å². The third-order valence-corrected chi connectivity index (χ3v) is 3.72. The number of rotatable bonds is 5. The molecule has 1 fully saturated rings. The number of amides is 1. The van der Waals surface area contributed by atoms with Crippen molar-refractivity contribution in [1.82, 2.24) is 4.90 Å². The van der Waals surface area contributed by atoms with Crippen LogP contribution in [0.2, 0.25) is 0 Å². The highest BCUT2D eigenvalue weighted by Gasteiger charge is 2.34. The maximum Gasteiger partial charge on any atom is 0.339 e. The minimum absolute atomic E-state index is 0.0809. The Morgan fingerprint density at radius 1 is 1.29 bits per heavy atom. The van der Waals surface area contributed by atoms with Gasteiger partial charge in [0.05, 0.1) is 31.3 Å². The molecule has 126 valence electrons. The van der Waals surface area contributed by atoms with Gasteiger partial charge in [-0.2, -0.15) is 0 Å². The van der Waals surface area contributed by atoms with E-state index in [9.17, 15) is 9.59 Å². The molecule has 0 unspecified atom stereocenters. The second kappa shape index (κ2) is 6.78. The number of benzene rings is 1. The molecule has 6 heteroatoms. The van der Waals surface area contributed by atoms with E-state index in [2.05, 4.69) is 0 Å². The Morgan fingerprint density at radius 3 is 2.75 bits per heavy atom. The molecular weight excluding hydrogens is 310 g/mol. The minimum Gasteiger partial charge on any atom is -0.493 e. The van der Waals surface area contributed by atoms with Gasteiger partial charge in [0.2, 0.25) is 0 Å². The van der Waals surface area contributed by atoms with Crippen molar-refractivity contribution in [3.05, 3.63) is 58.1 Å². The molecule has 1 amide bonds. The van der Waals surface area contributed by atoms with Crippen LogP contribution in [0.1, 0.15) is 23.0 Å². The fourth-order valence-corrected chi connectivity index (χ4v) is 2.61. The molecule has 0 saturated carbocycles. The number of ether oxygens (including phenoxy) is 2. The van der Waals surface area contributed by atoms with E-state index in [4.69, 9.17) is 13.9 Å². The average Bonchev–Trinajstić information content (AvgIpc) is 2.50. The Hall–Kier alpha value is -2.76. The van der Waals surface area contributed by atoms with E-state index in [0.717, 1.165) is 0 Å². The van der Waals surface area contributed by atoms with E-state index in [-0.39, 0.29) is 12.0 Å². The SMILES string of the molecule is CCOc1ccccc1C(=O)N1CC(Oc2cc(C)oc(=O)c2)C1. The predicted molar refractivity (Wildman–Crippen MR) is 87.6 cm³/mol. The van der Waals surface area contributed by atoms with Gasteiger partial charge in [0.15, 0.2) is 0 Å². The van der Waals surface area contributed by atoms with E-state index in [1.807, 2.05) is 19.1 Å². The van der Waals surface area contributed by atoms with Crippen LogP contribution in [0.3, 0.4) is 0 Å². The van der Waals surface area contributed by atoms with Gasteiger partial charge in [-0.25, -0.2) is 4.79 Å². The number of aryl methyl sites for hydroxylation is 1. The van der Waals surface area contributed by atoms with Crippen LogP contribution in [0.4, 0.5) is 0 Å². The van der Waals surface area contributed by atoms with Crippen molar-refractivity contribution < 1.29 is 18.7 Å². The lowest BCUT2D eigenvalue weighted by Crippen LogP contribution is -2.56. The van der Waals surface area contributed by atoms with Crippen molar-refractivity contribution in [1.29, 1.82) is 0 Å². The molecule has 0 atom stereocenters. The number of carbonyl (C=O) groups excluding carboxylic acids is 1. The van der Waals surface area contributed by atoms with Gasteiger partial charge in [0.1, 0.15) is 23.4 Å². The van der Waals surface area contributed by atoms with Crippen molar-refractivity contribution in [2.24, 2.45) is 0 Å². The minimum atomic E-state index is -0.442. The lowest BCUT2D eigenvalue weighted by molar-refractivity contribution is 0.0172. The van der Waals surface area contributed by atoms with E-state index < -0.39 is 5.63 Å². The standard InChI is InChI=1S/C18H19NO5/c1-3-22-16-7-5-4-6-15(16)18(21)19-10-14(11-19)24-13-8-12(2)23-17(20)9-13/h4-9,14H,3,10-11H2,1-2H3. The molecular formula is C18H19NO5. The lowest BCUT2D eigenvalue weighted by atomic mass is 10.1. The molecule has 0 aliphatic carbocycles. The molecule has 1 saturated heterocycles. The fraction of sp³-hybridized carbons (Fsp3) is 0.333. The normalized spacial score (nSPS) is 14.2. The van der Waals surface area contributed by atoms with E-state index in [1.54, 1.807) is 30.0 Å². The van der Waals surface area contributed by atoms with Gasteiger partial charge < -0.3 is 18.8 Å². The number of carbonyl (C=O) groups is 1. The van der Waals surface area contributed by atoms with Gasteiger partial charge in [0, 0.05) is 6.07 Å². The zero-order valence-corrected chi connectivity index (χ0v) is 13.7. The summed E-state index contributed by atoms with van der Waals surface area (Å²) in [5.41, 5.74) is 0.108. The summed E-state index contributed by atoms with van der Waals surface area (Å²) in [5.74, 6) is 1.47. The Labute approximate surface area is 139 Å². The summed E-state index contributed by atoms with van der Waals surface area (Å²) in [7, 11) is 0. The van der Waals surface area contributed by atoms with Crippen molar-refractivity contribution >= 4 is 5.91 Å². The summed E-state index contributed by atoms with van der Waals surface area (Å²) in [5, 5.41) is 0. The Bertz CT molecular complexity index is 792. The molecule has 0 radical (unpaired) electrons. The summed E-state index contributed by atoms with van der Waals surface area (Å²) in [6.07, 6.45) is -0.130. The maximum atomic E-state index is 12.6. The van der Waals surface area contributed by atoms with Crippen molar-refractivity contribution in [3.63, 3.8) is 0 Å². The predicted octanol–water partition coefficient (Wildman–Crippen LogP) is 2.25. The quantitative estimate of drug-likeness (QED) is 0.841. The highest BCUT2D eigenvalue weighted by atomic mass is 16.5. The summed E-state index contributed by atoms with van der Waals surface area (Å²) in [6.45, 7) is 5.02. The first kappa shape index (κ1) is 16.1. The number of hydrogen-bond acceptors (Lipinski definition) is 5. The van der Waals surface area contributed by atoms with Gasteiger partial charge >= 0.3 is 5.63 Å². The first-order valence-electron chi connectivity index (χ1n) is 7.86. The zero-order chi connectivity index (χ0) is 17.1. The Balaban J connectivity index is 1.62. The molecule has 1 aliphatic rings. The molecule has 0 N–H and O–H groups in total. The third-order valence-electron chi connectivity index (χ3n) is 3.72. The lowest BCUT2D eigenvalue weighted by Gasteiger charge is -2.39. The van der Waals surface area contributed by atoms with Crippen molar-refractivity contribution in [3.8, 4) is 11.5 Å². The second-order valence-corrected chi connectivity index (χ2v) is 5.60. The van der Waals surface area contributed by atoms with Gasteiger partial charge in [-0.15, -0.1) is 0 Å². The van der Waals surface area contributed by atoms with Crippen LogP contribution in [0.5, 0.6) is 11.5 Å². The first-order chi connectivity index (χ1) is 11.6. The highest BCUT2D eigenvalue weighted by Crippen LogP contribution is 2.24. The molecule has 0 bridgehead atoms. The summed E-state index contributed by atoms with van der Waals surface area (Å²) in [6, 6.07) is 10.2. The van der Waals surface area contributed by atoms with Crippen molar-refractivity contribution in [2.75, 3.05) is 19.7 Å². The van der Waals surface area contributed by atoms with Crippen LogP contribution in [0.25, 0.3) is 0 Å². The average molecular weight is 329 g/mol. The molecule has 1 aromatic carbocycles. The number of nitrogens with zero attached hydrogens (tertiary/aromatic N) is 1. The highest BCUT2D eigenvalue weighted by molar-refractivity contribution is 5.97. The molecule has 1 aliphatic heterocycles. The van der Waals surface area contributed by atoms with Crippen LogP contribution < -0.4 is 15.1 Å². The number of para-hydroxylation sites is 1. The van der Waals surface area contributed by atoms with E-state index in [0.29, 0.717) is 42.5 Å². The third kappa shape index (κ3) is 3.42. The van der Waals surface area contributed by atoms with E-state index in [1.165, 1.54) is 6.07 Å². The number of likely N-dealkylation sites (tertiary alicyclic amines) is 1. The molecule has 24 heavy (non-hydrogen) atoms. The largest absolute Gasteiger partial charge is 0.493 e. The molecule has 6 nitrogen and oxygen atoms in total. The van der Waals surface area contributed by atoms with Crippen LogP contribution in [-0.4, -0.2) is 36.6 Å². The summed E-state index contributed by atoms with van der Waals surface area (Å²) in [4.78, 5) is 25.6. The first-order valence-corrected chi connectivity index (χ1v) is 7.86. The summed E-state index contributed by atoms with van der Waals surface area (Å²) < 4.78 is 16.1. The monoisotopic (exact) mass is 329 g/mol. The second-order valence-electron chi connectivity index (χ2n) is 5.60. The molecule has 3 rings (SSSR count). The molecule has 0 spiro atoms. The van der Waals surface area contributed by atoms with E-state index >= 15 is 0 Å². The fourth-order valence-electron chi connectivity index (χ4n) is 2.61. The molecule has 2 heterocycles. The number of hydrogen-bond donors (Lipinski definition) is 0. The maximum absolute atomic E-state index is 12.6. The van der Waals surface area contributed by atoms with Gasteiger partial charge in [0.25, 0.3) is 5.91 Å². The zero-order valence-electron chi connectivity index (χ0n) is 13.7. The van der Waals surface area contributed by atoms with Crippen LogP contribution in [0, 0.1) is 6.92 Å². The smallest absolute Gasteiger partial charge is 0.339 e. The summed E-state index contributed by atoms with van der Waals surface area (Å²) >= 11 is 0. The van der Waals surface area contributed by atoms with Crippen LogP contribution in [0.15, 0.2) is 45.6 Å². The topological polar surface area (TPSA) is 69.0 Å². The van der Waals surface area contributed by atoms with Crippen LogP contribution in [-0.2, 0) is 0 Å². The Morgan fingerprint density at radius 2 is 2.04 bits per heavy atom. The molecule has 1 aromatic heterocycles. The molecule has 2 aromatic rings.